The van der Waals surface area contributed by atoms with Crippen LogP contribution in [0.15, 0.2) is 29.3 Å². The number of aliphatic imine (C=N–C) groups is 1. The van der Waals surface area contributed by atoms with E-state index < -0.39 is 0 Å². The van der Waals surface area contributed by atoms with Gasteiger partial charge in [0.2, 0.25) is 5.91 Å². The molecule has 0 aliphatic heterocycles. The van der Waals surface area contributed by atoms with Crippen molar-refractivity contribution in [1.29, 1.82) is 0 Å². The van der Waals surface area contributed by atoms with Gasteiger partial charge in [-0.1, -0.05) is 42.6 Å². The van der Waals surface area contributed by atoms with E-state index in [1.807, 2.05) is 31.2 Å². The largest absolute Gasteiger partial charge is 0.357 e. The second kappa shape index (κ2) is 13.2. The molecule has 0 bridgehead atoms. The average molecular weight is 493 g/mol. The molecule has 0 aromatic heterocycles. The molecule has 1 aliphatic rings. The van der Waals surface area contributed by atoms with E-state index in [0.29, 0.717) is 19.0 Å². The maximum atomic E-state index is 11.9. The van der Waals surface area contributed by atoms with Gasteiger partial charge in [-0.05, 0) is 37.8 Å². The van der Waals surface area contributed by atoms with Crippen LogP contribution in [0.4, 0.5) is 0 Å². The lowest BCUT2D eigenvalue weighted by Gasteiger charge is -2.13. The predicted molar refractivity (Wildman–Crippen MR) is 120 cm³/mol. The normalized spacial score (nSPS) is 14.6. The van der Waals surface area contributed by atoms with E-state index in [1.165, 1.54) is 12.8 Å². The number of nitrogens with zero attached hydrogens (tertiary/aromatic N) is 1. The highest BCUT2D eigenvalue weighted by Gasteiger charge is 2.16. The molecular weight excluding hydrogens is 463 g/mol. The Morgan fingerprint density at radius 3 is 2.65 bits per heavy atom. The van der Waals surface area contributed by atoms with Crippen LogP contribution in [0.5, 0.6) is 0 Å². The Kier molecular flexibility index (Phi) is 11.7. The smallest absolute Gasteiger partial charge is 0.222 e. The summed E-state index contributed by atoms with van der Waals surface area (Å²) in [5.41, 5.74) is 1.11. The minimum Gasteiger partial charge on any atom is -0.357 e. The Bertz CT molecular complexity index is 576. The lowest BCUT2D eigenvalue weighted by Crippen LogP contribution is -2.39. The SMILES string of the molecule is CCNC(=NCCC(=O)NC1CCCC1)NCCc1ccccc1Cl.I. The van der Waals surface area contributed by atoms with Gasteiger partial charge in [-0.2, -0.15) is 0 Å². The molecule has 1 aliphatic carbocycles. The summed E-state index contributed by atoms with van der Waals surface area (Å²) in [4.78, 5) is 16.4. The molecule has 1 saturated carbocycles. The van der Waals surface area contributed by atoms with Crippen molar-refractivity contribution >= 4 is 47.4 Å². The summed E-state index contributed by atoms with van der Waals surface area (Å²) < 4.78 is 0. The fourth-order valence-electron chi connectivity index (χ4n) is 3.00. The number of rotatable bonds is 8. The molecule has 0 atom stereocenters. The molecule has 0 heterocycles. The Morgan fingerprint density at radius 2 is 1.96 bits per heavy atom. The molecule has 1 aromatic carbocycles. The molecule has 1 amide bonds. The Morgan fingerprint density at radius 1 is 1.23 bits per heavy atom. The van der Waals surface area contributed by atoms with Gasteiger partial charge < -0.3 is 16.0 Å². The van der Waals surface area contributed by atoms with Gasteiger partial charge in [0.15, 0.2) is 5.96 Å². The molecule has 7 heteroatoms. The number of guanidine groups is 1. The summed E-state index contributed by atoms with van der Waals surface area (Å²) in [6, 6.07) is 8.23. The quantitative estimate of drug-likeness (QED) is 0.296. The first-order valence-electron chi connectivity index (χ1n) is 9.24. The van der Waals surface area contributed by atoms with Gasteiger partial charge in [0.1, 0.15) is 0 Å². The zero-order valence-electron chi connectivity index (χ0n) is 15.4. The van der Waals surface area contributed by atoms with Crippen molar-refractivity contribution in [1.82, 2.24) is 16.0 Å². The summed E-state index contributed by atoms with van der Waals surface area (Å²) in [5, 5.41) is 10.4. The van der Waals surface area contributed by atoms with Crippen LogP contribution in [0.25, 0.3) is 0 Å². The Balaban J connectivity index is 0.00000338. The van der Waals surface area contributed by atoms with Crippen molar-refractivity contribution in [3.8, 4) is 0 Å². The number of carbonyl (C=O) groups is 1. The maximum absolute atomic E-state index is 11.9. The first-order valence-corrected chi connectivity index (χ1v) is 9.61. The standard InChI is InChI=1S/C19H29ClN4O.HI/c1-2-21-19(22-13-11-15-7-3-6-10-17(15)20)23-14-12-18(25)24-16-8-4-5-9-16;/h3,6-7,10,16H,2,4-5,8-9,11-14H2,1H3,(H,24,25)(H2,21,22,23);1H. The number of nitrogens with one attached hydrogen (secondary N) is 3. The van der Waals surface area contributed by atoms with Crippen LogP contribution in [0.2, 0.25) is 5.02 Å². The molecule has 0 radical (unpaired) electrons. The molecule has 0 spiro atoms. The first-order chi connectivity index (χ1) is 12.2. The third-order valence-corrected chi connectivity index (χ3v) is 4.69. The highest BCUT2D eigenvalue weighted by molar-refractivity contribution is 14.0. The summed E-state index contributed by atoms with van der Waals surface area (Å²) in [7, 11) is 0. The van der Waals surface area contributed by atoms with Crippen molar-refractivity contribution in [2.45, 2.75) is 51.5 Å². The summed E-state index contributed by atoms with van der Waals surface area (Å²) >= 11 is 6.17. The molecule has 1 aromatic rings. The first kappa shape index (κ1) is 23.0. The van der Waals surface area contributed by atoms with Crippen LogP contribution in [0.1, 0.15) is 44.6 Å². The number of benzene rings is 1. The van der Waals surface area contributed by atoms with E-state index in [1.54, 1.807) is 0 Å². The van der Waals surface area contributed by atoms with Crippen molar-refractivity contribution in [3.05, 3.63) is 34.9 Å². The van der Waals surface area contributed by atoms with Crippen LogP contribution in [0.3, 0.4) is 0 Å². The van der Waals surface area contributed by atoms with Crippen molar-refractivity contribution < 1.29 is 4.79 Å². The van der Waals surface area contributed by atoms with Crippen LogP contribution in [-0.2, 0) is 11.2 Å². The zero-order chi connectivity index (χ0) is 17.9. The van der Waals surface area contributed by atoms with E-state index in [0.717, 1.165) is 48.9 Å². The average Bonchev–Trinajstić information content (AvgIpc) is 3.09. The molecule has 5 nitrogen and oxygen atoms in total. The van der Waals surface area contributed by atoms with Crippen LogP contribution in [-0.4, -0.2) is 37.5 Å². The van der Waals surface area contributed by atoms with Gasteiger partial charge in [-0.15, -0.1) is 24.0 Å². The molecular formula is C19H30ClIN4O. The summed E-state index contributed by atoms with van der Waals surface area (Å²) in [5.74, 6) is 0.839. The molecule has 3 N–H and O–H groups in total. The fourth-order valence-corrected chi connectivity index (χ4v) is 3.23. The van der Waals surface area contributed by atoms with Crippen molar-refractivity contribution in [3.63, 3.8) is 0 Å². The van der Waals surface area contributed by atoms with E-state index in [4.69, 9.17) is 11.6 Å². The van der Waals surface area contributed by atoms with E-state index in [9.17, 15) is 4.79 Å². The van der Waals surface area contributed by atoms with Crippen LogP contribution in [0, 0.1) is 0 Å². The number of hydrogen-bond donors (Lipinski definition) is 3. The third-order valence-electron chi connectivity index (χ3n) is 4.32. The monoisotopic (exact) mass is 492 g/mol. The van der Waals surface area contributed by atoms with Gasteiger partial charge in [-0.25, -0.2) is 0 Å². The summed E-state index contributed by atoms with van der Waals surface area (Å²) in [6.45, 7) is 4.04. The number of halogens is 2. The van der Waals surface area contributed by atoms with Crippen molar-refractivity contribution in [2.24, 2.45) is 4.99 Å². The third kappa shape index (κ3) is 8.58. The molecule has 1 fully saturated rings. The highest BCUT2D eigenvalue weighted by Crippen LogP contribution is 2.17. The van der Waals surface area contributed by atoms with Crippen molar-refractivity contribution in [2.75, 3.05) is 19.6 Å². The maximum Gasteiger partial charge on any atom is 0.222 e. The van der Waals surface area contributed by atoms with Gasteiger partial charge in [0, 0.05) is 30.6 Å². The van der Waals surface area contributed by atoms with Crippen LogP contribution < -0.4 is 16.0 Å². The zero-order valence-corrected chi connectivity index (χ0v) is 18.5. The minimum absolute atomic E-state index is 0. The number of carbonyl (C=O) groups excluding carboxylic acids is 1. The lowest BCUT2D eigenvalue weighted by molar-refractivity contribution is -0.121. The molecule has 146 valence electrons. The molecule has 0 saturated heterocycles. The van der Waals surface area contributed by atoms with E-state index >= 15 is 0 Å². The minimum atomic E-state index is 0. The number of hydrogen-bond acceptors (Lipinski definition) is 2. The predicted octanol–water partition coefficient (Wildman–Crippen LogP) is 3.50. The molecule has 2 rings (SSSR count). The Labute approximate surface area is 178 Å². The lowest BCUT2D eigenvalue weighted by atomic mass is 10.1. The highest BCUT2D eigenvalue weighted by atomic mass is 127. The van der Waals surface area contributed by atoms with Gasteiger partial charge in [0.25, 0.3) is 0 Å². The van der Waals surface area contributed by atoms with Gasteiger partial charge >= 0.3 is 0 Å². The summed E-state index contributed by atoms with van der Waals surface area (Å²) in [6.07, 6.45) is 5.93. The van der Waals surface area contributed by atoms with E-state index in [2.05, 4.69) is 20.9 Å². The Hall–Kier alpha value is -1.02. The second-order valence-corrected chi connectivity index (χ2v) is 6.73. The van der Waals surface area contributed by atoms with Gasteiger partial charge in [-0.3, -0.25) is 9.79 Å². The molecule has 26 heavy (non-hydrogen) atoms. The topological polar surface area (TPSA) is 65.5 Å². The second-order valence-electron chi connectivity index (χ2n) is 6.33. The van der Waals surface area contributed by atoms with Gasteiger partial charge in [0.05, 0.1) is 6.54 Å². The van der Waals surface area contributed by atoms with Crippen LogP contribution >= 0.6 is 35.6 Å². The number of amides is 1. The fraction of sp³-hybridized carbons (Fsp3) is 0.579. The van der Waals surface area contributed by atoms with E-state index in [-0.39, 0.29) is 29.9 Å². The molecule has 0 unspecified atom stereocenters.